The van der Waals surface area contributed by atoms with Crippen LogP contribution in [0.1, 0.15) is 16.1 Å². The van der Waals surface area contributed by atoms with Gasteiger partial charge in [-0.25, -0.2) is 9.67 Å². The van der Waals surface area contributed by atoms with Gasteiger partial charge in [0.25, 0.3) is 5.91 Å². The zero-order chi connectivity index (χ0) is 20.8. The molecule has 0 atom stereocenters. The van der Waals surface area contributed by atoms with Crippen LogP contribution in [0.5, 0.6) is 0 Å². The van der Waals surface area contributed by atoms with E-state index in [4.69, 9.17) is 4.74 Å². The number of hydrogen-bond acceptors (Lipinski definition) is 9. The lowest BCUT2D eigenvalue weighted by Gasteiger charge is -2.28. The van der Waals surface area contributed by atoms with Gasteiger partial charge in [0.1, 0.15) is 12.1 Å². The number of amides is 1. The number of tetrazole rings is 1. The van der Waals surface area contributed by atoms with E-state index in [1.807, 2.05) is 19.1 Å². The number of rotatable bonds is 7. The average molecular weight is 409 g/mol. The SMILES string of the molecule is Cc1cc(N2CCOCC2)nc(NCCNC(=O)c2cccc(-n3cnnn3)c2)n1. The molecule has 2 N–H and O–H groups in total. The molecule has 0 saturated carbocycles. The minimum Gasteiger partial charge on any atom is -0.378 e. The monoisotopic (exact) mass is 409 g/mol. The van der Waals surface area contributed by atoms with Crippen molar-refractivity contribution in [1.82, 2.24) is 35.5 Å². The minimum atomic E-state index is -0.175. The van der Waals surface area contributed by atoms with Crippen LogP contribution in [-0.2, 0) is 4.74 Å². The third-order valence-electron chi connectivity index (χ3n) is 4.59. The van der Waals surface area contributed by atoms with Crippen LogP contribution >= 0.6 is 0 Å². The Morgan fingerprint density at radius 3 is 2.83 bits per heavy atom. The quantitative estimate of drug-likeness (QED) is 0.535. The number of carbonyl (C=O) groups excluding carboxylic acids is 1. The molecular weight excluding hydrogens is 386 g/mol. The molecule has 1 amide bonds. The summed E-state index contributed by atoms with van der Waals surface area (Å²) in [5, 5.41) is 17.1. The number of nitrogens with zero attached hydrogens (tertiary/aromatic N) is 7. The molecule has 1 aromatic carbocycles. The molecule has 0 radical (unpaired) electrons. The highest BCUT2D eigenvalue weighted by Crippen LogP contribution is 2.16. The van der Waals surface area contributed by atoms with E-state index in [2.05, 4.69) is 41.0 Å². The number of nitrogens with one attached hydrogen (secondary N) is 2. The molecule has 2 aromatic heterocycles. The lowest BCUT2D eigenvalue weighted by Crippen LogP contribution is -2.37. The zero-order valence-electron chi connectivity index (χ0n) is 16.7. The molecule has 0 spiro atoms. The zero-order valence-corrected chi connectivity index (χ0v) is 16.7. The fourth-order valence-corrected chi connectivity index (χ4v) is 3.11. The van der Waals surface area contributed by atoms with Crippen molar-refractivity contribution in [3.8, 4) is 5.69 Å². The first kappa shape index (κ1) is 19.7. The van der Waals surface area contributed by atoms with E-state index in [-0.39, 0.29) is 5.91 Å². The molecule has 3 heterocycles. The maximum Gasteiger partial charge on any atom is 0.251 e. The summed E-state index contributed by atoms with van der Waals surface area (Å²) >= 11 is 0. The molecule has 156 valence electrons. The predicted octanol–water partition coefficient (Wildman–Crippen LogP) is 0.439. The average Bonchev–Trinajstić information content (AvgIpc) is 3.32. The lowest BCUT2D eigenvalue weighted by molar-refractivity contribution is 0.0955. The van der Waals surface area contributed by atoms with Gasteiger partial charge in [-0.1, -0.05) is 6.07 Å². The van der Waals surface area contributed by atoms with Crippen LogP contribution in [0.4, 0.5) is 11.8 Å². The fraction of sp³-hybridized carbons (Fsp3) is 0.368. The van der Waals surface area contributed by atoms with Gasteiger partial charge in [0.05, 0.1) is 18.9 Å². The van der Waals surface area contributed by atoms with Gasteiger partial charge in [-0.05, 0) is 35.5 Å². The lowest BCUT2D eigenvalue weighted by atomic mass is 10.2. The Bertz CT molecular complexity index is 987. The molecule has 0 unspecified atom stereocenters. The van der Waals surface area contributed by atoms with E-state index in [0.29, 0.717) is 37.8 Å². The van der Waals surface area contributed by atoms with Crippen LogP contribution in [0, 0.1) is 6.92 Å². The summed E-state index contributed by atoms with van der Waals surface area (Å²) in [5.74, 6) is 1.26. The van der Waals surface area contributed by atoms with Crippen LogP contribution in [0.15, 0.2) is 36.7 Å². The van der Waals surface area contributed by atoms with Crippen molar-refractivity contribution in [3.63, 3.8) is 0 Å². The number of aryl methyl sites for hydroxylation is 1. The maximum absolute atomic E-state index is 12.4. The van der Waals surface area contributed by atoms with Gasteiger partial charge in [-0.15, -0.1) is 5.10 Å². The fourth-order valence-electron chi connectivity index (χ4n) is 3.11. The van der Waals surface area contributed by atoms with Crippen LogP contribution < -0.4 is 15.5 Å². The van der Waals surface area contributed by atoms with Crippen molar-refractivity contribution in [1.29, 1.82) is 0 Å². The first-order valence-corrected chi connectivity index (χ1v) is 9.73. The van der Waals surface area contributed by atoms with Crippen LogP contribution in [-0.4, -0.2) is 75.5 Å². The smallest absolute Gasteiger partial charge is 0.251 e. The van der Waals surface area contributed by atoms with E-state index in [1.165, 1.54) is 11.0 Å². The second kappa shape index (κ2) is 9.27. The normalized spacial score (nSPS) is 13.8. The van der Waals surface area contributed by atoms with Crippen molar-refractivity contribution in [2.75, 3.05) is 49.6 Å². The number of anilines is 2. The summed E-state index contributed by atoms with van der Waals surface area (Å²) in [4.78, 5) is 23.6. The molecule has 0 aliphatic carbocycles. The van der Waals surface area contributed by atoms with Crippen LogP contribution in [0.25, 0.3) is 5.69 Å². The van der Waals surface area contributed by atoms with Crippen LogP contribution in [0.2, 0.25) is 0 Å². The van der Waals surface area contributed by atoms with Gasteiger partial charge >= 0.3 is 0 Å². The summed E-state index contributed by atoms with van der Waals surface area (Å²) < 4.78 is 6.90. The van der Waals surface area contributed by atoms with Gasteiger partial charge in [0, 0.05) is 43.5 Å². The Balaban J connectivity index is 1.30. The molecule has 1 aliphatic heterocycles. The molecule has 4 rings (SSSR count). The highest BCUT2D eigenvalue weighted by molar-refractivity contribution is 5.94. The molecule has 30 heavy (non-hydrogen) atoms. The molecule has 0 bridgehead atoms. The summed E-state index contributed by atoms with van der Waals surface area (Å²) in [6, 6.07) is 9.07. The minimum absolute atomic E-state index is 0.175. The van der Waals surface area contributed by atoms with Gasteiger partial charge in [0.15, 0.2) is 0 Å². The molecule has 1 fully saturated rings. The van der Waals surface area contributed by atoms with Crippen LogP contribution in [0.3, 0.4) is 0 Å². The Hall–Kier alpha value is -3.60. The van der Waals surface area contributed by atoms with E-state index >= 15 is 0 Å². The van der Waals surface area contributed by atoms with Gasteiger partial charge in [-0.2, -0.15) is 4.98 Å². The number of hydrogen-bond donors (Lipinski definition) is 2. The van der Waals surface area contributed by atoms with E-state index in [0.717, 1.165) is 30.3 Å². The molecule has 1 aliphatic rings. The van der Waals surface area contributed by atoms with Crippen molar-refractivity contribution in [2.45, 2.75) is 6.92 Å². The second-order valence-corrected chi connectivity index (χ2v) is 6.78. The molecule has 3 aromatic rings. The molecule has 11 nitrogen and oxygen atoms in total. The Kier molecular flexibility index (Phi) is 6.09. The standard InChI is InChI=1S/C19H23N9O2/c1-14-11-17(27-7-9-30-10-8-27)24-19(23-14)21-6-5-20-18(29)15-3-2-4-16(12-15)28-13-22-25-26-28/h2-4,11-13H,5-10H2,1H3,(H,20,29)(H,21,23,24). The molecular formula is C19H23N9O2. The number of ether oxygens (including phenoxy) is 1. The first-order valence-electron chi connectivity index (χ1n) is 9.73. The maximum atomic E-state index is 12.4. The van der Waals surface area contributed by atoms with E-state index < -0.39 is 0 Å². The Morgan fingerprint density at radius 1 is 1.17 bits per heavy atom. The van der Waals surface area contributed by atoms with Gasteiger partial charge < -0.3 is 20.3 Å². The summed E-state index contributed by atoms with van der Waals surface area (Å²) in [7, 11) is 0. The van der Waals surface area contributed by atoms with E-state index in [1.54, 1.807) is 18.2 Å². The topological polar surface area (TPSA) is 123 Å². The van der Waals surface area contributed by atoms with E-state index in [9.17, 15) is 4.79 Å². The predicted molar refractivity (Wildman–Crippen MR) is 110 cm³/mol. The third kappa shape index (κ3) is 4.87. The summed E-state index contributed by atoms with van der Waals surface area (Å²) in [6.45, 7) is 5.91. The Morgan fingerprint density at radius 2 is 2.03 bits per heavy atom. The van der Waals surface area contributed by atoms with Gasteiger partial charge in [-0.3, -0.25) is 4.79 Å². The van der Waals surface area contributed by atoms with Gasteiger partial charge in [0.2, 0.25) is 5.95 Å². The summed E-state index contributed by atoms with van der Waals surface area (Å²) in [5.41, 5.74) is 2.14. The highest BCUT2D eigenvalue weighted by Gasteiger charge is 2.14. The highest BCUT2D eigenvalue weighted by atomic mass is 16.5. The number of morpholine rings is 1. The summed E-state index contributed by atoms with van der Waals surface area (Å²) in [6.07, 6.45) is 1.48. The van der Waals surface area contributed by atoms with Crippen molar-refractivity contribution in [2.24, 2.45) is 0 Å². The second-order valence-electron chi connectivity index (χ2n) is 6.78. The number of benzene rings is 1. The third-order valence-corrected chi connectivity index (χ3v) is 4.59. The number of carbonyl (C=O) groups is 1. The Labute approximate surface area is 173 Å². The number of aromatic nitrogens is 6. The largest absolute Gasteiger partial charge is 0.378 e. The van der Waals surface area contributed by atoms with Crippen molar-refractivity contribution in [3.05, 3.63) is 47.9 Å². The van der Waals surface area contributed by atoms with Crippen molar-refractivity contribution < 1.29 is 9.53 Å². The van der Waals surface area contributed by atoms with Crippen molar-refractivity contribution >= 4 is 17.7 Å². The first-order chi connectivity index (χ1) is 14.7. The molecule has 1 saturated heterocycles. The molecule has 11 heteroatoms.